The Morgan fingerprint density at radius 1 is 0.475 bits per heavy atom. The summed E-state index contributed by atoms with van der Waals surface area (Å²) in [5.74, 6) is 0.853. The molecule has 0 saturated heterocycles. The van der Waals surface area contributed by atoms with Gasteiger partial charge >= 0.3 is 0 Å². The van der Waals surface area contributed by atoms with Gasteiger partial charge in [0, 0.05) is 32.8 Å². The lowest BCUT2D eigenvalue weighted by Crippen LogP contribution is -2.01. The molecule has 8 rings (SSSR count). The zero-order chi connectivity index (χ0) is 26.8. The molecule has 0 radical (unpaired) electrons. The molecule has 0 fully saturated rings. The first-order chi connectivity index (χ1) is 19.7. The van der Waals surface area contributed by atoms with Gasteiger partial charge < -0.3 is 0 Å². The van der Waals surface area contributed by atoms with Crippen molar-refractivity contribution in [3.63, 3.8) is 0 Å². The number of hydrogen-bond acceptors (Lipinski definition) is 2. The van der Waals surface area contributed by atoms with Crippen LogP contribution in [0.1, 0.15) is 11.1 Å². The molecule has 0 bridgehead atoms. The standard InChI is InChI=1S/C36H26N4/c1-23-13-18-32-29(21-23)28-16-20-34(38-36(28)39(32)26-11-7-4-8-12-26)40-33-19-14-24(2)22-30(33)27-15-17-31(37-35(27)40)25-9-5-3-6-10-25/h3-22H,1-2H3. The van der Waals surface area contributed by atoms with Gasteiger partial charge in [-0.25, -0.2) is 9.97 Å². The molecular weight excluding hydrogens is 488 g/mol. The van der Waals surface area contributed by atoms with Crippen molar-refractivity contribution in [3.05, 3.63) is 132 Å². The fourth-order valence-electron chi connectivity index (χ4n) is 5.96. The molecule has 0 atom stereocenters. The molecule has 4 aromatic heterocycles. The average Bonchev–Trinajstić information content (AvgIpc) is 3.49. The zero-order valence-corrected chi connectivity index (χ0v) is 22.3. The molecule has 0 aliphatic rings. The molecule has 0 unspecified atom stereocenters. The van der Waals surface area contributed by atoms with Gasteiger partial charge in [0.1, 0.15) is 17.1 Å². The number of pyridine rings is 2. The van der Waals surface area contributed by atoms with Crippen LogP contribution < -0.4 is 0 Å². The predicted octanol–water partition coefficient (Wildman–Crippen LogP) is 8.95. The summed E-state index contributed by atoms with van der Waals surface area (Å²) < 4.78 is 4.49. The SMILES string of the molecule is Cc1ccc2c(c1)c1ccc(-n3c4ccc(C)cc4c4ccc(-c5ccccc5)nc43)nc1n2-c1ccccc1. The van der Waals surface area contributed by atoms with Gasteiger partial charge in [-0.1, -0.05) is 71.8 Å². The van der Waals surface area contributed by atoms with Crippen LogP contribution in [0.4, 0.5) is 0 Å². The molecule has 0 aliphatic carbocycles. The number of rotatable bonds is 3. The van der Waals surface area contributed by atoms with E-state index in [4.69, 9.17) is 9.97 Å². The van der Waals surface area contributed by atoms with Crippen LogP contribution >= 0.6 is 0 Å². The van der Waals surface area contributed by atoms with Crippen LogP contribution in [0.5, 0.6) is 0 Å². The molecule has 4 aromatic carbocycles. The molecule has 0 saturated carbocycles. The highest BCUT2D eigenvalue weighted by molar-refractivity contribution is 6.10. The smallest absolute Gasteiger partial charge is 0.148 e. The first kappa shape index (κ1) is 22.7. The number of aryl methyl sites for hydroxylation is 2. The minimum absolute atomic E-state index is 0.853. The Balaban J connectivity index is 1.47. The Morgan fingerprint density at radius 2 is 1.05 bits per heavy atom. The largest absolute Gasteiger partial charge is 0.294 e. The number of aromatic nitrogens is 4. The molecule has 0 amide bonds. The van der Waals surface area contributed by atoms with E-state index in [1.54, 1.807) is 0 Å². The Morgan fingerprint density at radius 3 is 1.73 bits per heavy atom. The lowest BCUT2D eigenvalue weighted by atomic mass is 10.1. The maximum absolute atomic E-state index is 5.37. The second-order valence-electron chi connectivity index (χ2n) is 10.5. The van der Waals surface area contributed by atoms with Crippen molar-refractivity contribution in [2.24, 2.45) is 0 Å². The summed E-state index contributed by atoms with van der Waals surface area (Å²) >= 11 is 0. The molecule has 4 heteroatoms. The Hall–Kier alpha value is -5.22. The maximum Gasteiger partial charge on any atom is 0.148 e. The Labute approximate surface area is 231 Å². The van der Waals surface area contributed by atoms with Gasteiger partial charge in [0.25, 0.3) is 0 Å². The molecule has 0 spiro atoms. The molecule has 8 aromatic rings. The topological polar surface area (TPSA) is 35.6 Å². The lowest BCUT2D eigenvalue weighted by molar-refractivity contribution is 1.05. The molecule has 190 valence electrons. The van der Waals surface area contributed by atoms with Gasteiger partial charge in [0.05, 0.1) is 16.7 Å². The number of benzene rings is 4. The molecular formula is C36H26N4. The highest BCUT2D eigenvalue weighted by atomic mass is 15.1. The molecule has 4 heterocycles. The van der Waals surface area contributed by atoms with Gasteiger partial charge in [-0.3, -0.25) is 9.13 Å². The van der Waals surface area contributed by atoms with Crippen molar-refractivity contribution in [1.29, 1.82) is 0 Å². The summed E-state index contributed by atoms with van der Waals surface area (Å²) in [5, 5.41) is 4.66. The number of para-hydroxylation sites is 1. The average molecular weight is 515 g/mol. The first-order valence-electron chi connectivity index (χ1n) is 13.6. The highest BCUT2D eigenvalue weighted by Crippen LogP contribution is 2.36. The van der Waals surface area contributed by atoms with Gasteiger partial charge in [-0.15, -0.1) is 0 Å². The zero-order valence-electron chi connectivity index (χ0n) is 22.3. The van der Waals surface area contributed by atoms with E-state index in [1.807, 2.05) is 6.07 Å². The van der Waals surface area contributed by atoms with Gasteiger partial charge in [0.2, 0.25) is 0 Å². The second-order valence-corrected chi connectivity index (χ2v) is 10.5. The third-order valence-electron chi connectivity index (χ3n) is 7.84. The van der Waals surface area contributed by atoms with Crippen LogP contribution in [0.25, 0.3) is 66.6 Å². The van der Waals surface area contributed by atoms with Crippen LogP contribution in [0.15, 0.2) is 121 Å². The van der Waals surface area contributed by atoms with Crippen molar-refractivity contribution < 1.29 is 0 Å². The van der Waals surface area contributed by atoms with Crippen molar-refractivity contribution in [3.8, 4) is 22.8 Å². The van der Waals surface area contributed by atoms with Crippen LogP contribution in [0, 0.1) is 13.8 Å². The number of hydrogen-bond donors (Lipinski definition) is 0. The lowest BCUT2D eigenvalue weighted by Gasteiger charge is -2.10. The molecule has 0 N–H and O–H groups in total. The van der Waals surface area contributed by atoms with Crippen molar-refractivity contribution in [2.45, 2.75) is 13.8 Å². The van der Waals surface area contributed by atoms with Crippen LogP contribution in [-0.2, 0) is 0 Å². The van der Waals surface area contributed by atoms with E-state index in [0.29, 0.717) is 0 Å². The van der Waals surface area contributed by atoms with E-state index in [1.165, 1.54) is 21.9 Å². The van der Waals surface area contributed by atoms with Crippen LogP contribution in [-0.4, -0.2) is 19.1 Å². The minimum Gasteiger partial charge on any atom is -0.294 e. The molecule has 0 aliphatic heterocycles. The normalized spacial score (nSPS) is 11.8. The summed E-state index contributed by atoms with van der Waals surface area (Å²) in [5.41, 5.74) is 9.70. The second kappa shape index (κ2) is 8.65. The third-order valence-corrected chi connectivity index (χ3v) is 7.84. The third kappa shape index (κ3) is 3.39. The van der Waals surface area contributed by atoms with E-state index < -0.39 is 0 Å². The van der Waals surface area contributed by atoms with E-state index in [9.17, 15) is 0 Å². The summed E-state index contributed by atoms with van der Waals surface area (Å²) in [6.45, 7) is 4.28. The van der Waals surface area contributed by atoms with E-state index in [0.717, 1.165) is 55.9 Å². The quantitative estimate of drug-likeness (QED) is 0.236. The van der Waals surface area contributed by atoms with E-state index >= 15 is 0 Å². The molecule has 4 nitrogen and oxygen atoms in total. The van der Waals surface area contributed by atoms with E-state index in [-0.39, 0.29) is 0 Å². The van der Waals surface area contributed by atoms with Crippen molar-refractivity contribution in [1.82, 2.24) is 19.1 Å². The Bertz CT molecular complexity index is 2220. The van der Waals surface area contributed by atoms with Crippen LogP contribution in [0.3, 0.4) is 0 Å². The summed E-state index contributed by atoms with van der Waals surface area (Å²) in [6.07, 6.45) is 0. The van der Waals surface area contributed by atoms with E-state index in [2.05, 4.69) is 138 Å². The van der Waals surface area contributed by atoms with Gasteiger partial charge in [0.15, 0.2) is 0 Å². The highest BCUT2D eigenvalue weighted by Gasteiger charge is 2.19. The number of nitrogens with zero attached hydrogens (tertiary/aromatic N) is 4. The van der Waals surface area contributed by atoms with Gasteiger partial charge in [-0.05, 0) is 74.5 Å². The monoisotopic (exact) mass is 514 g/mol. The fourth-order valence-corrected chi connectivity index (χ4v) is 5.96. The van der Waals surface area contributed by atoms with Crippen LogP contribution in [0.2, 0.25) is 0 Å². The molecule has 40 heavy (non-hydrogen) atoms. The minimum atomic E-state index is 0.853. The van der Waals surface area contributed by atoms with Gasteiger partial charge in [-0.2, -0.15) is 0 Å². The summed E-state index contributed by atoms with van der Waals surface area (Å²) in [6, 6.07) is 42.8. The predicted molar refractivity (Wildman–Crippen MR) is 166 cm³/mol. The van der Waals surface area contributed by atoms with Crippen molar-refractivity contribution in [2.75, 3.05) is 0 Å². The summed E-state index contributed by atoms with van der Waals surface area (Å²) in [7, 11) is 0. The maximum atomic E-state index is 5.37. The summed E-state index contributed by atoms with van der Waals surface area (Å²) in [4.78, 5) is 10.6. The number of fused-ring (bicyclic) bond motifs is 6. The fraction of sp³-hybridized carbons (Fsp3) is 0.0556. The van der Waals surface area contributed by atoms with Crippen molar-refractivity contribution >= 4 is 43.9 Å². The Kier molecular flexibility index (Phi) is 4.92. The first-order valence-corrected chi connectivity index (χ1v) is 13.6.